The molecule has 6 heteroatoms. The number of hydrogen-bond donors (Lipinski definition) is 1. The molecule has 35 heavy (non-hydrogen) atoms. The van der Waals surface area contributed by atoms with Gasteiger partial charge in [-0.3, -0.25) is 9.59 Å². The largest absolute Gasteiger partial charge is 0.497 e. The zero-order valence-corrected chi connectivity index (χ0v) is 21.9. The number of benzene rings is 1. The van der Waals surface area contributed by atoms with Crippen molar-refractivity contribution in [2.75, 3.05) is 21.3 Å². The first-order valence-electron chi connectivity index (χ1n) is 13.2. The summed E-state index contributed by atoms with van der Waals surface area (Å²) in [6, 6.07) is 5.71. The Labute approximate surface area is 209 Å². The highest BCUT2D eigenvalue weighted by atomic mass is 16.5. The molecule has 6 nitrogen and oxygen atoms in total. The zero-order chi connectivity index (χ0) is 25.0. The van der Waals surface area contributed by atoms with Crippen LogP contribution in [-0.4, -0.2) is 44.0 Å². The number of carbonyl (C=O) groups is 2. The van der Waals surface area contributed by atoms with Gasteiger partial charge in [0.2, 0.25) is 0 Å². The molecule has 1 N–H and O–H groups in total. The lowest BCUT2D eigenvalue weighted by atomic mass is 9.48. The monoisotopic (exact) mass is 480 g/mol. The first kappa shape index (κ1) is 24.2. The van der Waals surface area contributed by atoms with Crippen molar-refractivity contribution in [3.05, 3.63) is 35.4 Å². The summed E-state index contributed by atoms with van der Waals surface area (Å²) in [7, 11) is 5.10. The minimum atomic E-state index is -0.299. The number of fused-ring (bicyclic) bond motifs is 5. The molecule has 1 aromatic carbocycles. The summed E-state index contributed by atoms with van der Waals surface area (Å²) >= 11 is 0. The lowest BCUT2D eigenvalue weighted by Gasteiger charge is -2.60. The van der Waals surface area contributed by atoms with Gasteiger partial charge >= 0.3 is 0 Å². The van der Waals surface area contributed by atoms with Gasteiger partial charge < -0.3 is 19.7 Å². The molecule has 3 saturated carbocycles. The molecule has 2 amide bonds. The first-order chi connectivity index (χ1) is 16.7. The average Bonchev–Trinajstić information content (AvgIpc) is 3.26. The minimum Gasteiger partial charge on any atom is -0.497 e. The number of likely N-dealkylation sites (N-methyl/N-ethyl adjacent to an activating group) is 1. The first-order valence-corrected chi connectivity index (χ1v) is 13.2. The molecule has 0 aromatic heterocycles. The van der Waals surface area contributed by atoms with Crippen LogP contribution >= 0.6 is 0 Å². The molecule has 0 spiro atoms. The summed E-state index contributed by atoms with van der Waals surface area (Å²) in [6.07, 6.45) is 10.8. The Hall–Kier alpha value is -2.50. The van der Waals surface area contributed by atoms with Gasteiger partial charge in [-0.1, -0.05) is 26.3 Å². The fourth-order valence-corrected chi connectivity index (χ4v) is 8.29. The molecular weight excluding hydrogens is 440 g/mol. The third kappa shape index (κ3) is 3.93. The standard InChI is InChI=1S/C29H40N2O4/c1-28-11-6-7-23(28)21-8-9-25-29(2,24(21)10-12-28)16-22(27(33)31(25)3)26(32)30-17-18-13-19(34-4)15-20(14-18)35-5/h13-16,21,23-25H,6-12,17H2,1-5H3,(H,30,32)/t21-,23-,24+,25?,28-,29+/m0/s1. The van der Waals surface area contributed by atoms with Gasteiger partial charge in [0.25, 0.3) is 11.8 Å². The Kier molecular flexibility index (Phi) is 6.13. The van der Waals surface area contributed by atoms with E-state index in [-0.39, 0.29) is 23.3 Å². The van der Waals surface area contributed by atoms with Crippen molar-refractivity contribution in [1.29, 1.82) is 0 Å². The van der Waals surface area contributed by atoms with Crippen LogP contribution in [0, 0.1) is 28.6 Å². The zero-order valence-electron chi connectivity index (χ0n) is 21.9. The molecule has 190 valence electrons. The van der Waals surface area contributed by atoms with Crippen molar-refractivity contribution >= 4 is 11.8 Å². The Bertz CT molecular complexity index is 1030. The smallest absolute Gasteiger partial charge is 0.259 e. The number of nitrogens with zero attached hydrogens (tertiary/aromatic N) is 1. The van der Waals surface area contributed by atoms with Crippen molar-refractivity contribution < 1.29 is 19.1 Å². The van der Waals surface area contributed by atoms with Gasteiger partial charge in [0.15, 0.2) is 0 Å². The van der Waals surface area contributed by atoms with Crippen LogP contribution in [0.3, 0.4) is 0 Å². The molecule has 5 rings (SSSR count). The molecule has 0 radical (unpaired) electrons. The van der Waals surface area contributed by atoms with E-state index in [1.165, 1.54) is 38.5 Å². The second kappa shape index (κ2) is 8.86. The van der Waals surface area contributed by atoms with Crippen molar-refractivity contribution in [2.24, 2.45) is 28.6 Å². The van der Waals surface area contributed by atoms with Gasteiger partial charge in [-0.05, 0) is 79.4 Å². The van der Waals surface area contributed by atoms with Gasteiger partial charge in [-0.2, -0.15) is 0 Å². The van der Waals surface area contributed by atoms with Crippen molar-refractivity contribution in [3.63, 3.8) is 0 Å². The van der Waals surface area contributed by atoms with E-state index in [0.29, 0.717) is 40.9 Å². The summed E-state index contributed by atoms with van der Waals surface area (Å²) in [6.45, 7) is 5.12. The van der Waals surface area contributed by atoms with Crippen LogP contribution in [-0.2, 0) is 16.1 Å². The Morgan fingerprint density at radius 1 is 1.03 bits per heavy atom. The average molecular weight is 481 g/mol. The second-order valence-electron chi connectivity index (χ2n) is 11.8. The Balaban J connectivity index is 1.40. The number of carbonyl (C=O) groups excluding carboxylic acids is 2. The summed E-state index contributed by atoms with van der Waals surface area (Å²) in [4.78, 5) is 28.5. The van der Waals surface area contributed by atoms with E-state index in [1.807, 2.05) is 24.1 Å². The third-order valence-electron chi connectivity index (χ3n) is 10.1. The minimum absolute atomic E-state index is 0.159. The van der Waals surface area contributed by atoms with E-state index >= 15 is 0 Å². The third-order valence-corrected chi connectivity index (χ3v) is 10.1. The molecule has 1 aromatic rings. The van der Waals surface area contributed by atoms with Gasteiger partial charge in [-0.25, -0.2) is 0 Å². The second-order valence-corrected chi connectivity index (χ2v) is 11.8. The number of rotatable bonds is 5. The molecule has 1 heterocycles. The highest BCUT2D eigenvalue weighted by molar-refractivity contribution is 6.19. The van der Waals surface area contributed by atoms with Crippen LogP contribution in [0.5, 0.6) is 11.5 Å². The molecule has 3 fully saturated rings. The van der Waals surface area contributed by atoms with Crippen molar-refractivity contribution in [2.45, 2.75) is 71.4 Å². The van der Waals surface area contributed by atoms with E-state index in [4.69, 9.17) is 9.47 Å². The Morgan fingerprint density at radius 2 is 1.74 bits per heavy atom. The van der Waals surface area contributed by atoms with Gasteiger partial charge in [0.1, 0.15) is 17.1 Å². The Morgan fingerprint density at radius 3 is 2.43 bits per heavy atom. The normalized spacial score (nSPS) is 36.0. The van der Waals surface area contributed by atoms with E-state index < -0.39 is 0 Å². The number of ether oxygens (including phenoxy) is 2. The summed E-state index contributed by atoms with van der Waals surface area (Å²) in [5, 5.41) is 2.98. The van der Waals surface area contributed by atoms with E-state index in [2.05, 4.69) is 25.2 Å². The lowest BCUT2D eigenvalue weighted by Crippen LogP contribution is -2.61. The number of nitrogens with one attached hydrogen (secondary N) is 1. The molecular formula is C29H40N2O4. The van der Waals surface area contributed by atoms with Crippen LogP contribution in [0.25, 0.3) is 0 Å². The van der Waals surface area contributed by atoms with Crippen molar-refractivity contribution in [3.8, 4) is 11.5 Å². The van der Waals surface area contributed by atoms with E-state index in [0.717, 1.165) is 17.9 Å². The molecule has 1 aliphatic heterocycles. The molecule has 3 aliphatic carbocycles. The maximum atomic E-state index is 13.4. The maximum absolute atomic E-state index is 13.4. The lowest BCUT2D eigenvalue weighted by molar-refractivity contribution is -0.141. The topological polar surface area (TPSA) is 67.9 Å². The number of methoxy groups -OCH3 is 2. The quantitative estimate of drug-likeness (QED) is 0.620. The predicted molar refractivity (Wildman–Crippen MR) is 135 cm³/mol. The molecule has 0 saturated heterocycles. The van der Waals surface area contributed by atoms with E-state index in [1.54, 1.807) is 20.3 Å². The molecule has 6 atom stereocenters. The molecule has 1 unspecified atom stereocenters. The van der Waals surface area contributed by atoms with Gasteiger partial charge in [-0.15, -0.1) is 0 Å². The molecule has 4 aliphatic rings. The van der Waals surface area contributed by atoms with Crippen LogP contribution in [0.4, 0.5) is 0 Å². The number of hydrogen-bond acceptors (Lipinski definition) is 4. The fraction of sp³-hybridized carbons (Fsp3) is 0.655. The fourth-order valence-electron chi connectivity index (χ4n) is 8.29. The summed E-state index contributed by atoms with van der Waals surface area (Å²) in [5.41, 5.74) is 1.48. The summed E-state index contributed by atoms with van der Waals surface area (Å²) in [5.74, 6) is 2.89. The van der Waals surface area contributed by atoms with Gasteiger partial charge in [0, 0.05) is 31.1 Å². The maximum Gasteiger partial charge on any atom is 0.259 e. The van der Waals surface area contributed by atoms with Crippen LogP contribution in [0.1, 0.15) is 64.4 Å². The van der Waals surface area contributed by atoms with Gasteiger partial charge in [0.05, 0.1) is 14.2 Å². The van der Waals surface area contributed by atoms with Crippen LogP contribution < -0.4 is 14.8 Å². The van der Waals surface area contributed by atoms with Crippen molar-refractivity contribution in [1.82, 2.24) is 10.2 Å². The molecule has 0 bridgehead atoms. The van der Waals surface area contributed by atoms with Crippen LogP contribution in [0.2, 0.25) is 0 Å². The van der Waals surface area contributed by atoms with Crippen LogP contribution in [0.15, 0.2) is 29.8 Å². The highest BCUT2D eigenvalue weighted by Gasteiger charge is 2.59. The van der Waals surface area contributed by atoms with E-state index in [9.17, 15) is 9.59 Å². The predicted octanol–water partition coefficient (Wildman–Crippen LogP) is 4.72. The number of amides is 2. The summed E-state index contributed by atoms with van der Waals surface area (Å²) < 4.78 is 10.7. The SMILES string of the molecule is COc1cc(CNC(=O)C2=C[C@@]3(C)C(CC[C@@H]4[C@H]3CC[C@]3(C)CCC[C@@H]43)N(C)C2=O)cc(OC)c1. The highest BCUT2D eigenvalue weighted by Crippen LogP contribution is 2.64.